The summed E-state index contributed by atoms with van der Waals surface area (Å²) in [6.45, 7) is 2.16. The van der Waals surface area contributed by atoms with Crippen molar-refractivity contribution < 1.29 is 0 Å². The maximum Gasteiger partial charge on any atom is 0.163 e. The first-order chi connectivity index (χ1) is 13.9. The zero-order valence-electron chi connectivity index (χ0n) is 15.8. The van der Waals surface area contributed by atoms with Crippen molar-refractivity contribution in [2.45, 2.75) is 25.7 Å². The van der Waals surface area contributed by atoms with E-state index in [2.05, 4.69) is 65.6 Å². The highest BCUT2D eigenvalue weighted by molar-refractivity contribution is 7.22. The van der Waals surface area contributed by atoms with Crippen molar-refractivity contribution in [3.05, 3.63) is 66.7 Å². The molecule has 1 aliphatic rings. The first-order valence-electron chi connectivity index (χ1n) is 10.1. The Morgan fingerprint density at radius 3 is 2.04 bits per heavy atom. The Morgan fingerprint density at radius 2 is 1.36 bits per heavy atom. The maximum atomic E-state index is 5.06. The molecule has 3 nitrogen and oxygen atoms in total. The molecular weight excluding hydrogens is 362 g/mol. The number of hydrogen-bond donors (Lipinski definition) is 0. The average molecular weight is 386 g/mol. The molecule has 0 saturated carbocycles. The molecule has 5 rings (SSSR count). The fraction of sp³-hybridized carbons (Fsp3) is 0.250. The minimum atomic E-state index is 0.828. The summed E-state index contributed by atoms with van der Waals surface area (Å²) >= 11 is 1.76. The van der Waals surface area contributed by atoms with Crippen molar-refractivity contribution in [3.8, 4) is 21.8 Å². The molecule has 140 valence electrons. The maximum absolute atomic E-state index is 5.06. The molecule has 3 heterocycles. The molecule has 0 aliphatic carbocycles. The summed E-state index contributed by atoms with van der Waals surface area (Å²) in [6.07, 6.45) is 5.11. The van der Waals surface area contributed by atoms with Crippen molar-refractivity contribution in [2.75, 3.05) is 18.0 Å². The molecule has 0 spiro atoms. The van der Waals surface area contributed by atoms with Crippen LogP contribution in [0.1, 0.15) is 25.7 Å². The number of fused-ring (bicyclic) bond motifs is 1. The van der Waals surface area contributed by atoms with Crippen molar-refractivity contribution in [1.82, 2.24) is 9.97 Å². The second-order valence-corrected chi connectivity index (χ2v) is 8.36. The molecule has 0 bridgehead atoms. The van der Waals surface area contributed by atoms with Gasteiger partial charge in [0.2, 0.25) is 0 Å². The summed E-state index contributed by atoms with van der Waals surface area (Å²) in [5, 5.41) is 1.19. The van der Waals surface area contributed by atoms with Gasteiger partial charge in [0.1, 0.15) is 10.6 Å². The molecule has 1 aliphatic heterocycles. The number of hydrogen-bond acceptors (Lipinski definition) is 4. The lowest BCUT2D eigenvalue weighted by Crippen LogP contribution is -2.25. The van der Waals surface area contributed by atoms with Gasteiger partial charge in [0.15, 0.2) is 5.82 Å². The van der Waals surface area contributed by atoms with E-state index in [0.29, 0.717) is 0 Å². The minimum Gasteiger partial charge on any atom is -0.356 e. The molecule has 0 radical (unpaired) electrons. The van der Waals surface area contributed by atoms with Crippen LogP contribution < -0.4 is 4.90 Å². The van der Waals surface area contributed by atoms with Crippen LogP contribution in [0, 0.1) is 0 Å². The first-order valence-corrected chi connectivity index (χ1v) is 10.9. The van der Waals surface area contributed by atoms with Gasteiger partial charge in [-0.2, -0.15) is 0 Å². The normalized spacial score (nSPS) is 14.9. The third-order valence-corrected chi connectivity index (χ3v) is 6.45. The van der Waals surface area contributed by atoms with Crippen LogP contribution in [0.4, 0.5) is 5.82 Å². The standard InChI is InChI=1S/C24H23N3S/c1-2-10-16-27(15-9-1)23-20-17-21(18-11-5-3-6-12-18)28-24(20)26-22(25-23)19-13-7-4-8-14-19/h3-8,11-14,17H,1-2,9-10,15-16H2. The van der Waals surface area contributed by atoms with Crippen LogP contribution in [-0.4, -0.2) is 23.1 Å². The fourth-order valence-corrected chi connectivity index (χ4v) is 4.92. The van der Waals surface area contributed by atoms with E-state index >= 15 is 0 Å². The Morgan fingerprint density at radius 1 is 0.714 bits per heavy atom. The third kappa shape index (κ3) is 3.40. The van der Waals surface area contributed by atoms with Crippen molar-refractivity contribution in [1.29, 1.82) is 0 Å². The quantitative estimate of drug-likeness (QED) is 0.408. The SMILES string of the molecule is c1ccc(-c2nc(N3CCCCCC3)c3cc(-c4ccccc4)sc3n2)cc1. The molecule has 4 heteroatoms. The van der Waals surface area contributed by atoms with E-state index in [1.807, 2.05) is 6.07 Å². The summed E-state index contributed by atoms with van der Waals surface area (Å²) in [5.74, 6) is 1.93. The predicted molar refractivity (Wildman–Crippen MR) is 119 cm³/mol. The Kier molecular flexibility index (Phi) is 4.79. The van der Waals surface area contributed by atoms with E-state index in [1.54, 1.807) is 11.3 Å². The summed E-state index contributed by atoms with van der Waals surface area (Å²) in [4.78, 5) is 14.8. The Labute approximate surface area is 169 Å². The molecule has 2 aromatic heterocycles. The lowest BCUT2D eigenvalue weighted by atomic mass is 10.1. The monoisotopic (exact) mass is 385 g/mol. The highest BCUT2D eigenvalue weighted by Crippen LogP contribution is 2.38. The van der Waals surface area contributed by atoms with E-state index in [9.17, 15) is 0 Å². The van der Waals surface area contributed by atoms with E-state index in [1.165, 1.54) is 41.5 Å². The fourth-order valence-electron chi connectivity index (χ4n) is 3.89. The van der Waals surface area contributed by atoms with Crippen LogP contribution in [0.5, 0.6) is 0 Å². The molecule has 0 amide bonds. The van der Waals surface area contributed by atoms with Crippen LogP contribution in [0.15, 0.2) is 66.7 Å². The lowest BCUT2D eigenvalue weighted by molar-refractivity contribution is 0.726. The van der Waals surface area contributed by atoms with Gasteiger partial charge in [-0.25, -0.2) is 9.97 Å². The van der Waals surface area contributed by atoms with E-state index in [4.69, 9.17) is 9.97 Å². The van der Waals surface area contributed by atoms with Crippen molar-refractivity contribution in [3.63, 3.8) is 0 Å². The third-order valence-electron chi connectivity index (χ3n) is 5.37. The number of aromatic nitrogens is 2. The van der Waals surface area contributed by atoms with E-state index in [0.717, 1.165) is 35.1 Å². The summed E-state index contributed by atoms with van der Waals surface area (Å²) < 4.78 is 0. The van der Waals surface area contributed by atoms with Crippen molar-refractivity contribution >= 4 is 27.4 Å². The Hall–Kier alpha value is -2.72. The van der Waals surface area contributed by atoms with E-state index < -0.39 is 0 Å². The number of nitrogens with zero attached hydrogens (tertiary/aromatic N) is 3. The molecule has 28 heavy (non-hydrogen) atoms. The van der Waals surface area contributed by atoms with Crippen LogP contribution >= 0.6 is 11.3 Å². The molecule has 0 unspecified atom stereocenters. The van der Waals surface area contributed by atoms with Crippen LogP contribution in [0.25, 0.3) is 32.0 Å². The number of rotatable bonds is 3. The van der Waals surface area contributed by atoms with Gasteiger partial charge >= 0.3 is 0 Å². The molecule has 0 N–H and O–H groups in total. The zero-order valence-corrected chi connectivity index (χ0v) is 16.7. The van der Waals surface area contributed by atoms with Crippen molar-refractivity contribution in [2.24, 2.45) is 0 Å². The number of thiophene rings is 1. The lowest BCUT2D eigenvalue weighted by Gasteiger charge is -2.22. The molecule has 0 atom stereocenters. The van der Waals surface area contributed by atoms with Gasteiger partial charge in [-0.3, -0.25) is 0 Å². The Bertz CT molecular complexity index is 1070. The van der Waals surface area contributed by atoms with Gasteiger partial charge in [0, 0.05) is 23.5 Å². The second-order valence-electron chi connectivity index (χ2n) is 7.33. The van der Waals surface area contributed by atoms with Crippen LogP contribution in [0.2, 0.25) is 0 Å². The smallest absolute Gasteiger partial charge is 0.163 e. The molecule has 2 aromatic carbocycles. The highest BCUT2D eigenvalue weighted by Gasteiger charge is 2.19. The molecular formula is C24H23N3S. The second kappa shape index (κ2) is 7.72. The van der Waals surface area contributed by atoms with Gasteiger partial charge < -0.3 is 4.90 Å². The number of benzene rings is 2. The van der Waals surface area contributed by atoms with Gasteiger partial charge in [-0.15, -0.1) is 11.3 Å². The van der Waals surface area contributed by atoms with Crippen LogP contribution in [-0.2, 0) is 0 Å². The van der Waals surface area contributed by atoms with E-state index in [-0.39, 0.29) is 0 Å². The topological polar surface area (TPSA) is 29.0 Å². The molecule has 4 aromatic rings. The molecule has 1 fully saturated rings. The first kappa shape index (κ1) is 17.4. The summed E-state index contributed by atoms with van der Waals surface area (Å²) in [6, 6.07) is 23.2. The van der Waals surface area contributed by atoms with Crippen LogP contribution in [0.3, 0.4) is 0 Å². The predicted octanol–water partition coefficient (Wildman–Crippen LogP) is 6.41. The zero-order chi connectivity index (χ0) is 18.8. The van der Waals surface area contributed by atoms with Gasteiger partial charge in [0.05, 0.1) is 5.39 Å². The number of anilines is 1. The average Bonchev–Trinajstić information content (AvgIpc) is 3.01. The summed E-state index contributed by atoms with van der Waals surface area (Å²) in [7, 11) is 0. The molecule has 1 saturated heterocycles. The minimum absolute atomic E-state index is 0.828. The van der Waals surface area contributed by atoms with Gasteiger partial charge in [-0.05, 0) is 24.5 Å². The van der Waals surface area contributed by atoms with Gasteiger partial charge in [-0.1, -0.05) is 73.5 Å². The Balaban J connectivity index is 1.68. The largest absolute Gasteiger partial charge is 0.356 e. The van der Waals surface area contributed by atoms with Gasteiger partial charge in [0.25, 0.3) is 0 Å². The highest BCUT2D eigenvalue weighted by atomic mass is 32.1. The summed E-state index contributed by atoms with van der Waals surface area (Å²) in [5.41, 5.74) is 2.32.